The highest BCUT2D eigenvalue weighted by Crippen LogP contribution is 2.18. The van der Waals surface area contributed by atoms with E-state index < -0.39 is 0 Å². The Labute approximate surface area is 122 Å². The minimum absolute atomic E-state index is 0.226. The van der Waals surface area contributed by atoms with Gasteiger partial charge in [0, 0.05) is 18.4 Å². The van der Waals surface area contributed by atoms with Crippen LogP contribution in [0.1, 0.15) is 21.9 Å². The van der Waals surface area contributed by atoms with Gasteiger partial charge in [-0.25, -0.2) is 4.79 Å². The van der Waals surface area contributed by atoms with E-state index in [1.165, 1.54) is 0 Å². The number of furan rings is 1. The SMILES string of the molecule is CNC(=O)Nc1ccc(NC(=O)c2cc(C)oc2C)cc1. The molecule has 0 aliphatic carbocycles. The van der Waals surface area contributed by atoms with E-state index in [0.29, 0.717) is 28.5 Å². The van der Waals surface area contributed by atoms with Crippen LogP contribution in [0.2, 0.25) is 0 Å². The molecule has 0 atom stereocenters. The van der Waals surface area contributed by atoms with Gasteiger partial charge >= 0.3 is 6.03 Å². The van der Waals surface area contributed by atoms with Gasteiger partial charge in [0.15, 0.2) is 0 Å². The average Bonchev–Trinajstić information content (AvgIpc) is 2.80. The summed E-state index contributed by atoms with van der Waals surface area (Å²) in [5.74, 6) is 1.06. The maximum absolute atomic E-state index is 12.1. The summed E-state index contributed by atoms with van der Waals surface area (Å²) >= 11 is 0. The third kappa shape index (κ3) is 3.62. The summed E-state index contributed by atoms with van der Waals surface area (Å²) in [7, 11) is 1.54. The largest absolute Gasteiger partial charge is 0.466 e. The third-order valence-electron chi connectivity index (χ3n) is 2.91. The molecule has 1 aromatic carbocycles. The van der Waals surface area contributed by atoms with Crippen LogP contribution in [0.4, 0.5) is 16.2 Å². The van der Waals surface area contributed by atoms with Crippen molar-refractivity contribution in [2.45, 2.75) is 13.8 Å². The predicted octanol–water partition coefficient (Wildman–Crippen LogP) is 2.90. The van der Waals surface area contributed by atoms with Crippen molar-refractivity contribution in [2.24, 2.45) is 0 Å². The fourth-order valence-electron chi connectivity index (χ4n) is 1.89. The predicted molar refractivity (Wildman–Crippen MR) is 80.7 cm³/mol. The molecule has 6 nitrogen and oxygen atoms in total. The normalized spacial score (nSPS) is 10.0. The molecular weight excluding hydrogens is 270 g/mol. The Morgan fingerprint density at radius 3 is 2.05 bits per heavy atom. The van der Waals surface area contributed by atoms with E-state index in [2.05, 4.69) is 16.0 Å². The summed E-state index contributed by atoms with van der Waals surface area (Å²) < 4.78 is 5.33. The van der Waals surface area contributed by atoms with Crippen LogP contribution in [0.15, 0.2) is 34.7 Å². The number of amides is 3. The molecule has 0 saturated carbocycles. The standard InChI is InChI=1S/C15H17N3O3/c1-9-8-13(10(2)21-9)14(19)17-11-4-6-12(7-5-11)18-15(20)16-3/h4-8H,1-3H3,(H,17,19)(H2,16,18,20). The molecule has 21 heavy (non-hydrogen) atoms. The fourth-order valence-corrected chi connectivity index (χ4v) is 1.89. The molecule has 3 amide bonds. The number of hydrogen-bond acceptors (Lipinski definition) is 3. The van der Waals surface area contributed by atoms with Crippen LogP contribution in [0.25, 0.3) is 0 Å². The zero-order valence-electron chi connectivity index (χ0n) is 12.1. The zero-order chi connectivity index (χ0) is 15.4. The van der Waals surface area contributed by atoms with Crippen molar-refractivity contribution in [3.8, 4) is 0 Å². The van der Waals surface area contributed by atoms with Crippen LogP contribution < -0.4 is 16.0 Å². The van der Waals surface area contributed by atoms with E-state index in [1.807, 2.05) is 0 Å². The Balaban J connectivity index is 2.05. The van der Waals surface area contributed by atoms with Crippen molar-refractivity contribution in [3.05, 3.63) is 47.4 Å². The number of benzene rings is 1. The molecule has 0 spiro atoms. The van der Waals surface area contributed by atoms with Crippen molar-refractivity contribution in [1.29, 1.82) is 0 Å². The second-order valence-electron chi connectivity index (χ2n) is 4.56. The summed E-state index contributed by atoms with van der Waals surface area (Å²) in [6.45, 7) is 3.54. The van der Waals surface area contributed by atoms with Crippen molar-refractivity contribution >= 4 is 23.3 Å². The lowest BCUT2D eigenvalue weighted by Gasteiger charge is -2.07. The maximum Gasteiger partial charge on any atom is 0.318 e. The average molecular weight is 287 g/mol. The monoisotopic (exact) mass is 287 g/mol. The van der Waals surface area contributed by atoms with Gasteiger partial charge in [-0.15, -0.1) is 0 Å². The second kappa shape index (κ2) is 6.13. The van der Waals surface area contributed by atoms with E-state index in [4.69, 9.17) is 4.42 Å². The number of aryl methyl sites for hydroxylation is 2. The van der Waals surface area contributed by atoms with Crippen LogP contribution in [-0.4, -0.2) is 19.0 Å². The minimum Gasteiger partial charge on any atom is -0.466 e. The number of anilines is 2. The lowest BCUT2D eigenvalue weighted by atomic mass is 10.2. The topological polar surface area (TPSA) is 83.4 Å². The van der Waals surface area contributed by atoms with Gasteiger partial charge in [0.25, 0.3) is 5.91 Å². The zero-order valence-corrected chi connectivity index (χ0v) is 12.1. The van der Waals surface area contributed by atoms with E-state index >= 15 is 0 Å². The highest BCUT2D eigenvalue weighted by molar-refractivity contribution is 6.05. The number of carbonyl (C=O) groups excluding carboxylic acids is 2. The Morgan fingerprint density at radius 2 is 1.57 bits per heavy atom. The van der Waals surface area contributed by atoms with Gasteiger partial charge < -0.3 is 20.4 Å². The molecule has 2 rings (SSSR count). The summed E-state index contributed by atoms with van der Waals surface area (Å²) in [5, 5.41) is 7.88. The first kappa shape index (κ1) is 14.6. The van der Waals surface area contributed by atoms with Gasteiger partial charge in [-0.3, -0.25) is 4.79 Å². The molecule has 1 heterocycles. The summed E-state index contributed by atoms with van der Waals surface area (Å²) in [6, 6.07) is 8.25. The summed E-state index contributed by atoms with van der Waals surface area (Å²) in [4.78, 5) is 23.3. The molecule has 110 valence electrons. The Morgan fingerprint density at radius 1 is 1.00 bits per heavy atom. The Kier molecular flexibility index (Phi) is 4.27. The van der Waals surface area contributed by atoms with Gasteiger partial charge in [-0.05, 0) is 44.2 Å². The molecule has 0 aliphatic heterocycles. The summed E-state index contributed by atoms with van der Waals surface area (Å²) in [6.07, 6.45) is 0. The van der Waals surface area contributed by atoms with Crippen LogP contribution >= 0.6 is 0 Å². The molecule has 0 saturated heterocycles. The van der Waals surface area contributed by atoms with E-state index in [-0.39, 0.29) is 11.9 Å². The number of carbonyl (C=O) groups is 2. The molecule has 6 heteroatoms. The van der Waals surface area contributed by atoms with E-state index in [0.717, 1.165) is 0 Å². The first-order chi connectivity index (χ1) is 9.99. The van der Waals surface area contributed by atoms with Gasteiger partial charge in [0.1, 0.15) is 11.5 Å². The molecule has 0 fully saturated rings. The van der Waals surface area contributed by atoms with Crippen molar-refractivity contribution < 1.29 is 14.0 Å². The van der Waals surface area contributed by atoms with Gasteiger partial charge in [-0.1, -0.05) is 0 Å². The maximum atomic E-state index is 12.1. The molecule has 0 radical (unpaired) electrons. The molecule has 0 aliphatic rings. The number of rotatable bonds is 3. The summed E-state index contributed by atoms with van der Waals surface area (Å²) in [5.41, 5.74) is 1.79. The smallest absolute Gasteiger partial charge is 0.318 e. The molecule has 1 aromatic heterocycles. The number of urea groups is 1. The first-order valence-corrected chi connectivity index (χ1v) is 6.47. The lowest BCUT2D eigenvalue weighted by Crippen LogP contribution is -2.24. The third-order valence-corrected chi connectivity index (χ3v) is 2.91. The van der Waals surface area contributed by atoms with Gasteiger partial charge in [-0.2, -0.15) is 0 Å². The lowest BCUT2D eigenvalue weighted by molar-refractivity contribution is 0.102. The number of hydrogen-bond donors (Lipinski definition) is 3. The van der Waals surface area contributed by atoms with Gasteiger partial charge in [0.05, 0.1) is 5.56 Å². The molecule has 0 unspecified atom stereocenters. The highest BCUT2D eigenvalue weighted by Gasteiger charge is 2.13. The van der Waals surface area contributed by atoms with E-state index in [1.54, 1.807) is 51.2 Å². The fraction of sp³-hybridized carbons (Fsp3) is 0.200. The van der Waals surface area contributed by atoms with Crippen molar-refractivity contribution in [3.63, 3.8) is 0 Å². The Hall–Kier alpha value is -2.76. The van der Waals surface area contributed by atoms with Crippen LogP contribution in [0, 0.1) is 13.8 Å². The molecule has 0 bridgehead atoms. The van der Waals surface area contributed by atoms with Gasteiger partial charge in [0.2, 0.25) is 0 Å². The molecule has 2 aromatic rings. The van der Waals surface area contributed by atoms with Crippen LogP contribution in [0.3, 0.4) is 0 Å². The van der Waals surface area contributed by atoms with Crippen LogP contribution in [0.5, 0.6) is 0 Å². The minimum atomic E-state index is -0.295. The van der Waals surface area contributed by atoms with Crippen molar-refractivity contribution in [1.82, 2.24) is 5.32 Å². The van der Waals surface area contributed by atoms with Crippen molar-refractivity contribution in [2.75, 3.05) is 17.7 Å². The second-order valence-corrected chi connectivity index (χ2v) is 4.56. The van der Waals surface area contributed by atoms with Crippen LogP contribution in [-0.2, 0) is 0 Å². The first-order valence-electron chi connectivity index (χ1n) is 6.47. The quantitative estimate of drug-likeness (QED) is 0.811. The number of nitrogens with one attached hydrogen (secondary N) is 3. The molecular formula is C15H17N3O3. The highest BCUT2D eigenvalue weighted by atomic mass is 16.3. The Bertz CT molecular complexity index is 659. The van der Waals surface area contributed by atoms with E-state index in [9.17, 15) is 9.59 Å². The molecule has 3 N–H and O–H groups in total.